The minimum atomic E-state index is -3.39. The Morgan fingerprint density at radius 1 is 1.38 bits per heavy atom. The molecule has 8 heteroatoms. The highest BCUT2D eigenvalue weighted by Gasteiger charge is 2.32. The molecule has 2 heterocycles. The molecule has 0 unspecified atom stereocenters. The summed E-state index contributed by atoms with van der Waals surface area (Å²) >= 11 is 0. The van der Waals surface area contributed by atoms with Crippen LogP contribution in [0.25, 0.3) is 0 Å². The highest BCUT2D eigenvalue weighted by Crippen LogP contribution is 2.25. The fourth-order valence-corrected chi connectivity index (χ4v) is 3.51. The molecule has 2 rings (SSSR count). The van der Waals surface area contributed by atoms with Crippen molar-refractivity contribution in [3.8, 4) is 0 Å². The normalized spacial score (nSPS) is 16.7. The number of aromatic nitrogens is 2. The van der Waals surface area contributed by atoms with Crippen LogP contribution in [-0.2, 0) is 41.6 Å². The Morgan fingerprint density at radius 3 is 2.62 bits per heavy atom. The summed E-state index contributed by atoms with van der Waals surface area (Å²) in [4.78, 5) is 0. The van der Waals surface area contributed by atoms with Crippen molar-refractivity contribution in [1.82, 2.24) is 18.4 Å². The molecule has 0 spiro atoms. The van der Waals surface area contributed by atoms with Gasteiger partial charge >= 0.3 is 0 Å². The predicted molar refractivity (Wildman–Crippen MR) is 79.9 cm³/mol. The van der Waals surface area contributed by atoms with Crippen molar-refractivity contribution in [2.45, 2.75) is 39.5 Å². The third kappa shape index (κ3) is 3.28. The molecule has 0 bridgehead atoms. The SMILES string of the molecule is CC(C)OCc1nn(C)c2c1CN(S(=O)(=O)N(C)C)CC2. The topological polar surface area (TPSA) is 67.7 Å². The van der Waals surface area contributed by atoms with Crippen LogP contribution in [0.15, 0.2) is 0 Å². The van der Waals surface area contributed by atoms with E-state index in [1.165, 1.54) is 8.61 Å². The largest absolute Gasteiger partial charge is 0.372 e. The molecule has 7 nitrogen and oxygen atoms in total. The quantitative estimate of drug-likeness (QED) is 0.794. The minimum Gasteiger partial charge on any atom is -0.372 e. The fraction of sp³-hybridized carbons (Fsp3) is 0.769. The first-order valence-electron chi connectivity index (χ1n) is 7.06. The first-order valence-corrected chi connectivity index (χ1v) is 8.46. The second kappa shape index (κ2) is 6.04. The molecule has 0 radical (unpaired) electrons. The smallest absolute Gasteiger partial charge is 0.281 e. The van der Waals surface area contributed by atoms with Crippen LogP contribution in [0.4, 0.5) is 0 Å². The lowest BCUT2D eigenvalue weighted by Crippen LogP contribution is -2.43. The summed E-state index contributed by atoms with van der Waals surface area (Å²) in [7, 11) is 1.61. The summed E-state index contributed by atoms with van der Waals surface area (Å²) in [5.74, 6) is 0. The molecule has 0 amide bonds. The summed E-state index contributed by atoms with van der Waals surface area (Å²) < 4.78 is 34.8. The molecule has 1 aromatic rings. The molecule has 0 saturated heterocycles. The zero-order valence-electron chi connectivity index (χ0n) is 13.3. The maximum Gasteiger partial charge on any atom is 0.281 e. The molecule has 120 valence electrons. The van der Waals surface area contributed by atoms with E-state index in [9.17, 15) is 8.42 Å². The summed E-state index contributed by atoms with van der Waals surface area (Å²) in [6.45, 7) is 5.20. The standard InChI is InChI=1S/C13H24N4O3S/c1-10(2)20-9-12-11-8-17(21(18,19)15(3)4)7-6-13(11)16(5)14-12/h10H,6-9H2,1-5H3. The number of nitrogens with zero attached hydrogens (tertiary/aromatic N) is 4. The van der Waals surface area contributed by atoms with Crippen LogP contribution in [-0.4, -0.2) is 53.6 Å². The average molecular weight is 316 g/mol. The van der Waals surface area contributed by atoms with Gasteiger partial charge in [0, 0.05) is 51.9 Å². The van der Waals surface area contributed by atoms with Crippen molar-refractivity contribution in [2.75, 3.05) is 20.6 Å². The van der Waals surface area contributed by atoms with E-state index in [-0.39, 0.29) is 6.10 Å². The second-order valence-corrected chi connectivity index (χ2v) is 7.87. The van der Waals surface area contributed by atoms with E-state index in [4.69, 9.17) is 4.74 Å². The van der Waals surface area contributed by atoms with Crippen LogP contribution in [0.3, 0.4) is 0 Å². The molecule has 0 atom stereocenters. The third-order valence-electron chi connectivity index (χ3n) is 3.63. The summed E-state index contributed by atoms with van der Waals surface area (Å²) in [5, 5.41) is 4.48. The Balaban J connectivity index is 2.26. The van der Waals surface area contributed by atoms with E-state index in [1.54, 1.807) is 14.1 Å². The van der Waals surface area contributed by atoms with Crippen LogP contribution in [0.1, 0.15) is 30.8 Å². The van der Waals surface area contributed by atoms with Gasteiger partial charge < -0.3 is 4.74 Å². The van der Waals surface area contributed by atoms with Crippen molar-refractivity contribution in [3.63, 3.8) is 0 Å². The summed E-state index contributed by atoms with van der Waals surface area (Å²) in [6.07, 6.45) is 0.793. The maximum atomic E-state index is 12.3. The highest BCUT2D eigenvalue weighted by molar-refractivity contribution is 7.86. The zero-order chi connectivity index (χ0) is 15.8. The number of rotatable bonds is 5. The lowest BCUT2D eigenvalue weighted by Gasteiger charge is -2.29. The van der Waals surface area contributed by atoms with Gasteiger partial charge in [-0.1, -0.05) is 0 Å². The van der Waals surface area contributed by atoms with Crippen molar-refractivity contribution >= 4 is 10.2 Å². The molecule has 1 aromatic heterocycles. The number of hydrogen-bond donors (Lipinski definition) is 0. The molecule has 0 N–H and O–H groups in total. The van der Waals surface area contributed by atoms with E-state index in [0.717, 1.165) is 17.0 Å². The van der Waals surface area contributed by atoms with Crippen LogP contribution in [0.5, 0.6) is 0 Å². The number of hydrogen-bond acceptors (Lipinski definition) is 4. The van der Waals surface area contributed by atoms with Gasteiger partial charge in [-0.05, 0) is 13.8 Å². The van der Waals surface area contributed by atoms with Gasteiger partial charge in [0.15, 0.2) is 0 Å². The molecule has 0 fully saturated rings. The van der Waals surface area contributed by atoms with Gasteiger partial charge in [-0.25, -0.2) is 0 Å². The number of ether oxygens (including phenoxy) is 1. The summed E-state index contributed by atoms with van der Waals surface area (Å²) in [6, 6.07) is 0. The van der Waals surface area contributed by atoms with Gasteiger partial charge in [0.2, 0.25) is 0 Å². The number of fused-ring (bicyclic) bond motifs is 1. The van der Waals surface area contributed by atoms with Gasteiger partial charge in [-0.15, -0.1) is 0 Å². The average Bonchev–Trinajstić information content (AvgIpc) is 2.72. The number of aryl methyl sites for hydroxylation is 1. The van der Waals surface area contributed by atoms with Crippen LogP contribution in [0, 0.1) is 0 Å². The molecule has 21 heavy (non-hydrogen) atoms. The molecule has 1 aliphatic heterocycles. The Bertz CT molecular complexity index is 607. The first kappa shape index (κ1) is 16.4. The van der Waals surface area contributed by atoms with Gasteiger partial charge in [0.25, 0.3) is 10.2 Å². The van der Waals surface area contributed by atoms with E-state index >= 15 is 0 Å². The Labute approximate surface area is 126 Å². The molecule has 0 saturated carbocycles. The monoisotopic (exact) mass is 316 g/mol. The third-order valence-corrected chi connectivity index (χ3v) is 5.52. The van der Waals surface area contributed by atoms with Crippen molar-refractivity contribution in [2.24, 2.45) is 7.05 Å². The van der Waals surface area contributed by atoms with E-state index < -0.39 is 10.2 Å². The Morgan fingerprint density at radius 2 is 2.05 bits per heavy atom. The van der Waals surface area contributed by atoms with Crippen LogP contribution < -0.4 is 0 Å². The van der Waals surface area contributed by atoms with Gasteiger partial charge in [-0.2, -0.15) is 22.1 Å². The van der Waals surface area contributed by atoms with E-state index in [2.05, 4.69) is 5.10 Å². The van der Waals surface area contributed by atoms with E-state index in [0.29, 0.717) is 26.1 Å². The fourth-order valence-electron chi connectivity index (χ4n) is 2.43. The molecular weight excluding hydrogens is 292 g/mol. The minimum absolute atomic E-state index is 0.118. The lowest BCUT2D eigenvalue weighted by molar-refractivity contribution is 0.0626. The zero-order valence-corrected chi connectivity index (χ0v) is 14.1. The molecule has 1 aliphatic rings. The Kier molecular flexibility index (Phi) is 4.72. The second-order valence-electron chi connectivity index (χ2n) is 5.73. The lowest BCUT2D eigenvalue weighted by atomic mass is 10.1. The molecular formula is C13H24N4O3S. The van der Waals surface area contributed by atoms with Gasteiger partial charge in [0.05, 0.1) is 18.4 Å². The Hall–Kier alpha value is -0.960. The van der Waals surface area contributed by atoms with Crippen LogP contribution >= 0.6 is 0 Å². The van der Waals surface area contributed by atoms with Crippen molar-refractivity contribution < 1.29 is 13.2 Å². The summed E-state index contributed by atoms with van der Waals surface area (Å²) in [5.41, 5.74) is 2.91. The predicted octanol–water partition coefficient (Wildman–Crippen LogP) is 0.510. The van der Waals surface area contributed by atoms with Crippen molar-refractivity contribution in [3.05, 3.63) is 17.0 Å². The highest BCUT2D eigenvalue weighted by atomic mass is 32.2. The van der Waals surface area contributed by atoms with Crippen LogP contribution in [0.2, 0.25) is 0 Å². The molecule has 0 aliphatic carbocycles. The van der Waals surface area contributed by atoms with E-state index in [1.807, 2.05) is 25.6 Å². The van der Waals surface area contributed by atoms with Gasteiger partial charge in [0.1, 0.15) is 0 Å². The molecule has 0 aromatic carbocycles. The van der Waals surface area contributed by atoms with Crippen molar-refractivity contribution in [1.29, 1.82) is 0 Å². The first-order chi connectivity index (χ1) is 9.73. The van der Waals surface area contributed by atoms with Gasteiger partial charge in [-0.3, -0.25) is 4.68 Å². The maximum absolute atomic E-state index is 12.3.